The molecule has 0 aliphatic heterocycles. The molecule has 0 aliphatic rings. The Morgan fingerprint density at radius 3 is 2.60 bits per heavy atom. The Bertz CT molecular complexity index is 1120. The second kappa shape index (κ2) is 6.14. The summed E-state index contributed by atoms with van der Waals surface area (Å²) in [5.74, 6) is 0.742. The van der Waals surface area contributed by atoms with Crippen LogP contribution < -0.4 is 10.3 Å². The van der Waals surface area contributed by atoms with Gasteiger partial charge in [0.1, 0.15) is 11.4 Å². The molecule has 1 aromatic carbocycles. The number of aryl methyl sites for hydroxylation is 1. The molecule has 0 bridgehead atoms. The van der Waals surface area contributed by atoms with Gasteiger partial charge in [0.25, 0.3) is 5.56 Å². The van der Waals surface area contributed by atoms with Gasteiger partial charge in [0.15, 0.2) is 0 Å². The van der Waals surface area contributed by atoms with Gasteiger partial charge in [0, 0.05) is 41.5 Å². The summed E-state index contributed by atoms with van der Waals surface area (Å²) in [5.41, 5.74) is 3.38. The van der Waals surface area contributed by atoms with Crippen molar-refractivity contribution in [2.24, 2.45) is 7.05 Å². The van der Waals surface area contributed by atoms with Crippen LogP contribution in [0.4, 0.5) is 0 Å². The third-order valence-corrected chi connectivity index (χ3v) is 5.10. The highest BCUT2D eigenvalue weighted by Gasteiger charge is 2.19. The summed E-state index contributed by atoms with van der Waals surface area (Å²) in [4.78, 5) is 16.9. The van der Waals surface area contributed by atoms with E-state index in [4.69, 9.17) is 4.74 Å². The fourth-order valence-corrected chi connectivity index (χ4v) is 3.98. The van der Waals surface area contributed by atoms with Gasteiger partial charge >= 0.3 is 0 Å². The maximum absolute atomic E-state index is 12.8. The molecule has 0 unspecified atom stereocenters. The highest BCUT2D eigenvalue weighted by Crippen LogP contribution is 2.39. The van der Waals surface area contributed by atoms with Gasteiger partial charge in [-0.25, -0.2) is 4.68 Å². The third-order valence-electron chi connectivity index (χ3n) is 4.11. The molecular formula is C19H15N3O2S. The van der Waals surface area contributed by atoms with Crippen molar-refractivity contribution in [1.82, 2.24) is 14.8 Å². The monoisotopic (exact) mass is 349 g/mol. The number of pyridine rings is 1. The minimum atomic E-state index is -0.116. The maximum Gasteiger partial charge on any atom is 0.275 e. The maximum atomic E-state index is 12.8. The van der Waals surface area contributed by atoms with Crippen LogP contribution in [0.15, 0.2) is 59.0 Å². The lowest BCUT2D eigenvalue weighted by Crippen LogP contribution is -2.20. The first-order chi connectivity index (χ1) is 12.2. The van der Waals surface area contributed by atoms with Crippen molar-refractivity contribution in [3.8, 4) is 28.1 Å². The smallest absolute Gasteiger partial charge is 0.275 e. The second-order valence-corrected chi connectivity index (χ2v) is 6.45. The Labute approximate surface area is 148 Å². The average molecular weight is 349 g/mol. The van der Waals surface area contributed by atoms with Gasteiger partial charge < -0.3 is 4.74 Å². The number of fused-ring (bicyclic) bond motifs is 1. The number of rotatable bonds is 3. The zero-order valence-corrected chi connectivity index (χ0v) is 14.6. The first-order valence-electron chi connectivity index (χ1n) is 7.73. The highest BCUT2D eigenvalue weighted by molar-refractivity contribution is 7.18. The molecule has 6 heteroatoms. The molecule has 0 fully saturated rings. The lowest BCUT2D eigenvalue weighted by Gasteiger charge is -2.09. The number of aromatic nitrogens is 3. The largest absolute Gasteiger partial charge is 0.496 e. The Kier molecular flexibility index (Phi) is 3.82. The minimum Gasteiger partial charge on any atom is -0.496 e. The van der Waals surface area contributed by atoms with Crippen molar-refractivity contribution < 1.29 is 4.74 Å². The van der Waals surface area contributed by atoms with E-state index < -0.39 is 0 Å². The van der Waals surface area contributed by atoms with E-state index >= 15 is 0 Å². The Balaban J connectivity index is 2.07. The van der Waals surface area contributed by atoms with Crippen molar-refractivity contribution in [2.75, 3.05) is 7.11 Å². The van der Waals surface area contributed by atoms with E-state index in [9.17, 15) is 4.79 Å². The third kappa shape index (κ3) is 2.51. The first-order valence-corrected chi connectivity index (χ1v) is 8.61. The molecule has 25 heavy (non-hydrogen) atoms. The van der Waals surface area contributed by atoms with Gasteiger partial charge in [0.2, 0.25) is 0 Å². The molecule has 0 radical (unpaired) electrons. The fourth-order valence-electron chi connectivity index (χ4n) is 2.91. The van der Waals surface area contributed by atoms with E-state index in [1.807, 2.05) is 41.8 Å². The average Bonchev–Trinajstić information content (AvgIpc) is 3.10. The van der Waals surface area contributed by atoms with E-state index in [0.717, 1.165) is 32.8 Å². The molecule has 0 spiro atoms. The summed E-state index contributed by atoms with van der Waals surface area (Å²) in [7, 11) is 3.31. The number of nitrogens with zero attached hydrogens (tertiary/aromatic N) is 3. The van der Waals surface area contributed by atoms with Crippen LogP contribution in [0, 0.1) is 0 Å². The molecule has 3 heterocycles. The number of ether oxygens (including phenoxy) is 1. The van der Waals surface area contributed by atoms with Gasteiger partial charge in [-0.2, -0.15) is 5.10 Å². The lowest BCUT2D eigenvalue weighted by molar-refractivity contribution is 0.416. The number of benzene rings is 1. The number of methoxy groups -OCH3 is 1. The van der Waals surface area contributed by atoms with Crippen molar-refractivity contribution >= 4 is 21.4 Å². The molecule has 3 aromatic heterocycles. The molecule has 4 aromatic rings. The van der Waals surface area contributed by atoms with Gasteiger partial charge in [0.05, 0.1) is 17.2 Å². The van der Waals surface area contributed by atoms with Crippen molar-refractivity contribution in [2.45, 2.75) is 0 Å². The molecule has 0 saturated carbocycles. The number of para-hydroxylation sites is 1. The summed E-state index contributed by atoms with van der Waals surface area (Å²) in [6.45, 7) is 0. The summed E-state index contributed by atoms with van der Waals surface area (Å²) < 4.78 is 7.74. The van der Waals surface area contributed by atoms with Crippen LogP contribution in [0.25, 0.3) is 32.5 Å². The lowest BCUT2D eigenvalue weighted by atomic mass is 10.0. The van der Waals surface area contributed by atoms with Crippen LogP contribution >= 0.6 is 11.3 Å². The highest BCUT2D eigenvalue weighted by atomic mass is 32.1. The number of hydrogen-bond donors (Lipinski definition) is 0. The summed E-state index contributed by atoms with van der Waals surface area (Å²) in [6, 6.07) is 11.5. The normalized spacial score (nSPS) is 11.0. The molecule has 124 valence electrons. The standard InChI is InChI=1S/C19H15N3O2S/c1-22-19(23)16-14(13-5-3-4-6-15(13)24-2)11-25-18(16)17(21-22)12-7-9-20-10-8-12/h3-11H,1-2H3. The van der Waals surface area contributed by atoms with Crippen molar-refractivity contribution in [3.05, 3.63) is 64.5 Å². The summed E-state index contributed by atoms with van der Waals surface area (Å²) >= 11 is 1.52. The van der Waals surface area contributed by atoms with Gasteiger partial charge in [-0.1, -0.05) is 18.2 Å². The molecule has 5 nitrogen and oxygen atoms in total. The predicted molar refractivity (Wildman–Crippen MR) is 100 cm³/mol. The fraction of sp³-hybridized carbons (Fsp3) is 0.105. The van der Waals surface area contributed by atoms with Crippen LogP contribution in [-0.2, 0) is 7.05 Å². The Morgan fingerprint density at radius 1 is 1.08 bits per heavy atom. The van der Waals surface area contributed by atoms with Crippen LogP contribution in [0.3, 0.4) is 0 Å². The van der Waals surface area contributed by atoms with Crippen LogP contribution in [-0.4, -0.2) is 21.9 Å². The molecule has 0 saturated heterocycles. The Morgan fingerprint density at radius 2 is 1.84 bits per heavy atom. The van der Waals surface area contributed by atoms with Gasteiger partial charge in [-0.05, 0) is 18.2 Å². The molecule has 0 atom stereocenters. The molecule has 4 rings (SSSR count). The number of hydrogen-bond acceptors (Lipinski definition) is 5. The molecule has 0 aliphatic carbocycles. The minimum absolute atomic E-state index is 0.116. The predicted octanol–water partition coefficient (Wildman–Crippen LogP) is 3.73. The van der Waals surface area contributed by atoms with Crippen LogP contribution in [0.1, 0.15) is 0 Å². The van der Waals surface area contributed by atoms with Crippen molar-refractivity contribution in [1.29, 1.82) is 0 Å². The quantitative estimate of drug-likeness (QED) is 0.565. The van der Waals surface area contributed by atoms with E-state index in [2.05, 4.69) is 10.1 Å². The summed E-state index contributed by atoms with van der Waals surface area (Å²) in [6.07, 6.45) is 3.45. The van der Waals surface area contributed by atoms with E-state index in [0.29, 0.717) is 5.39 Å². The van der Waals surface area contributed by atoms with Gasteiger partial charge in [-0.15, -0.1) is 11.3 Å². The molecule has 0 N–H and O–H groups in total. The van der Waals surface area contributed by atoms with E-state index in [1.54, 1.807) is 26.6 Å². The first kappa shape index (κ1) is 15.5. The van der Waals surface area contributed by atoms with Crippen LogP contribution in [0.5, 0.6) is 5.75 Å². The SMILES string of the molecule is COc1ccccc1-c1csc2c(-c3ccncc3)nn(C)c(=O)c12. The van der Waals surface area contributed by atoms with Crippen molar-refractivity contribution in [3.63, 3.8) is 0 Å². The number of thiophene rings is 1. The van der Waals surface area contributed by atoms with E-state index in [1.165, 1.54) is 16.0 Å². The molecule has 0 amide bonds. The zero-order valence-electron chi connectivity index (χ0n) is 13.8. The van der Waals surface area contributed by atoms with Gasteiger partial charge in [-0.3, -0.25) is 9.78 Å². The summed E-state index contributed by atoms with van der Waals surface area (Å²) in [5, 5.41) is 7.14. The van der Waals surface area contributed by atoms with Crippen LogP contribution in [0.2, 0.25) is 0 Å². The topological polar surface area (TPSA) is 57.0 Å². The zero-order chi connectivity index (χ0) is 17.4. The molecular weight excluding hydrogens is 334 g/mol. The Hall–Kier alpha value is -2.99. The van der Waals surface area contributed by atoms with E-state index in [-0.39, 0.29) is 5.56 Å². The second-order valence-electron chi connectivity index (χ2n) is 5.57.